The van der Waals surface area contributed by atoms with Gasteiger partial charge in [-0.2, -0.15) is 0 Å². The predicted octanol–water partition coefficient (Wildman–Crippen LogP) is 3.99. The molecule has 1 aromatic heterocycles. The SMILES string of the molecule is COc1ccc(N(C)C(=O)[C@H](Cc2ccccc2)NC(=O)c2cn(Cc3ccccc3Cl)nn2)cc1. The van der Waals surface area contributed by atoms with Crippen molar-refractivity contribution in [3.8, 4) is 5.75 Å². The molecule has 1 atom stereocenters. The number of nitrogens with zero attached hydrogens (tertiary/aromatic N) is 4. The number of carbonyl (C=O) groups excluding carboxylic acids is 2. The molecule has 36 heavy (non-hydrogen) atoms. The Morgan fingerprint density at radius 1 is 1.03 bits per heavy atom. The fourth-order valence-corrected chi connectivity index (χ4v) is 3.93. The van der Waals surface area contributed by atoms with Gasteiger partial charge < -0.3 is 15.0 Å². The maximum Gasteiger partial charge on any atom is 0.274 e. The van der Waals surface area contributed by atoms with Gasteiger partial charge in [0.2, 0.25) is 5.91 Å². The Kier molecular flexibility index (Phi) is 7.97. The number of ether oxygens (including phenoxy) is 1. The lowest BCUT2D eigenvalue weighted by atomic mass is 10.0. The van der Waals surface area contributed by atoms with E-state index in [1.165, 1.54) is 15.8 Å². The average molecular weight is 504 g/mol. The van der Waals surface area contributed by atoms with Gasteiger partial charge in [-0.15, -0.1) is 5.10 Å². The number of aromatic nitrogens is 3. The van der Waals surface area contributed by atoms with Crippen molar-refractivity contribution in [2.45, 2.75) is 19.0 Å². The summed E-state index contributed by atoms with van der Waals surface area (Å²) in [6, 6.07) is 23.2. The molecule has 184 valence electrons. The predicted molar refractivity (Wildman–Crippen MR) is 138 cm³/mol. The van der Waals surface area contributed by atoms with E-state index in [0.29, 0.717) is 29.4 Å². The molecule has 1 N–H and O–H groups in total. The molecule has 1 heterocycles. The van der Waals surface area contributed by atoms with Crippen molar-refractivity contribution in [3.05, 3.63) is 107 Å². The summed E-state index contributed by atoms with van der Waals surface area (Å²) in [5, 5.41) is 11.5. The van der Waals surface area contributed by atoms with Crippen molar-refractivity contribution < 1.29 is 14.3 Å². The molecule has 2 amide bonds. The van der Waals surface area contributed by atoms with E-state index in [4.69, 9.17) is 16.3 Å². The number of likely N-dealkylation sites (N-methyl/N-ethyl adjacent to an activating group) is 1. The molecule has 4 rings (SSSR count). The number of benzene rings is 3. The molecule has 8 nitrogen and oxygen atoms in total. The zero-order valence-corrected chi connectivity index (χ0v) is 20.7. The second kappa shape index (κ2) is 11.5. The summed E-state index contributed by atoms with van der Waals surface area (Å²) in [6.45, 7) is 0.368. The van der Waals surface area contributed by atoms with E-state index >= 15 is 0 Å². The quantitative estimate of drug-likeness (QED) is 0.373. The monoisotopic (exact) mass is 503 g/mol. The van der Waals surface area contributed by atoms with Crippen LogP contribution in [-0.2, 0) is 17.8 Å². The zero-order valence-electron chi connectivity index (χ0n) is 20.0. The van der Waals surface area contributed by atoms with Gasteiger partial charge >= 0.3 is 0 Å². The molecule has 0 aliphatic carbocycles. The Hall–Kier alpha value is -4.17. The lowest BCUT2D eigenvalue weighted by Crippen LogP contribution is -2.48. The van der Waals surface area contributed by atoms with E-state index in [1.807, 2.05) is 48.5 Å². The fourth-order valence-electron chi connectivity index (χ4n) is 3.73. The van der Waals surface area contributed by atoms with Gasteiger partial charge in [0.1, 0.15) is 11.8 Å². The van der Waals surface area contributed by atoms with E-state index in [1.54, 1.807) is 44.5 Å². The van der Waals surface area contributed by atoms with Crippen molar-refractivity contribution in [1.82, 2.24) is 20.3 Å². The molecular weight excluding hydrogens is 478 g/mol. The highest BCUT2D eigenvalue weighted by Gasteiger charge is 2.27. The molecule has 9 heteroatoms. The topological polar surface area (TPSA) is 89.4 Å². The summed E-state index contributed by atoms with van der Waals surface area (Å²) in [5.74, 6) is -0.0627. The van der Waals surface area contributed by atoms with E-state index < -0.39 is 11.9 Å². The highest BCUT2D eigenvalue weighted by Crippen LogP contribution is 2.20. The number of halogens is 1. The van der Waals surface area contributed by atoms with Crippen LogP contribution in [0.15, 0.2) is 85.1 Å². The maximum absolute atomic E-state index is 13.5. The van der Waals surface area contributed by atoms with Crippen molar-refractivity contribution in [3.63, 3.8) is 0 Å². The zero-order chi connectivity index (χ0) is 25.5. The van der Waals surface area contributed by atoms with Gasteiger partial charge in [0.15, 0.2) is 5.69 Å². The van der Waals surface area contributed by atoms with Crippen LogP contribution >= 0.6 is 11.6 Å². The Morgan fingerprint density at radius 3 is 2.42 bits per heavy atom. The molecule has 0 radical (unpaired) electrons. The van der Waals surface area contributed by atoms with Crippen molar-refractivity contribution in [1.29, 1.82) is 0 Å². The van der Waals surface area contributed by atoms with Crippen LogP contribution in [0.5, 0.6) is 5.75 Å². The van der Waals surface area contributed by atoms with Gasteiger partial charge in [0.05, 0.1) is 19.9 Å². The number of hydrogen-bond donors (Lipinski definition) is 1. The van der Waals surface area contributed by atoms with Gasteiger partial charge in [-0.3, -0.25) is 9.59 Å². The Labute approximate surface area is 214 Å². The van der Waals surface area contributed by atoms with Gasteiger partial charge in [-0.1, -0.05) is 65.3 Å². The minimum Gasteiger partial charge on any atom is -0.497 e. The normalized spacial score (nSPS) is 11.5. The third-order valence-electron chi connectivity index (χ3n) is 5.74. The van der Waals surface area contributed by atoms with Gasteiger partial charge in [0.25, 0.3) is 5.91 Å². The first-order chi connectivity index (χ1) is 17.4. The molecule has 3 aromatic carbocycles. The highest BCUT2D eigenvalue weighted by atomic mass is 35.5. The summed E-state index contributed by atoms with van der Waals surface area (Å²) >= 11 is 6.23. The van der Waals surface area contributed by atoms with Crippen LogP contribution < -0.4 is 15.0 Å². The average Bonchev–Trinajstić information content (AvgIpc) is 3.38. The number of rotatable bonds is 9. The maximum atomic E-state index is 13.5. The Balaban J connectivity index is 1.51. The molecule has 0 saturated carbocycles. The van der Waals surface area contributed by atoms with Gasteiger partial charge in [-0.25, -0.2) is 4.68 Å². The first kappa shape index (κ1) is 24.9. The second-order valence-electron chi connectivity index (χ2n) is 8.20. The number of nitrogens with one attached hydrogen (secondary N) is 1. The van der Waals surface area contributed by atoms with Crippen LogP contribution in [0.3, 0.4) is 0 Å². The van der Waals surface area contributed by atoms with Crippen molar-refractivity contribution in [2.75, 3.05) is 19.1 Å². The van der Waals surface area contributed by atoms with E-state index in [0.717, 1.165) is 11.1 Å². The highest BCUT2D eigenvalue weighted by molar-refractivity contribution is 6.31. The molecule has 4 aromatic rings. The first-order valence-corrected chi connectivity index (χ1v) is 11.7. The third-order valence-corrected chi connectivity index (χ3v) is 6.11. The first-order valence-electron chi connectivity index (χ1n) is 11.3. The Bertz CT molecular complexity index is 1320. The molecule has 0 aliphatic heterocycles. The number of anilines is 1. The van der Waals surface area contributed by atoms with Crippen LogP contribution in [0.25, 0.3) is 0 Å². The third kappa shape index (κ3) is 6.09. The van der Waals surface area contributed by atoms with Crippen LogP contribution in [0.1, 0.15) is 21.6 Å². The van der Waals surface area contributed by atoms with Crippen LogP contribution in [0.2, 0.25) is 5.02 Å². The molecule has 0 saturated heterocycles. The fraction of sp³-hybridized carbons (Fsp3) is 0.185. The summed E-state index contributed by atoms with van der Waals surface area (Å²) < 4.78 is 6.74. The lowest BCUT2D eigenvalue weighted by Gasteiger charge is -2.25. The van der Waals surface area contributed by atoms with E-state index in [2.05, 4.69) is 15.6 Å². The molecule has 0 unspecified atom stereocenters. The number of carbonyl (C=O) groups is 2. The largest absolute Gasteiger partial charge is 0.497 e. The summed E-state index contributed by atoms with van der Waals surface area (Å²) in [4.78, 5) is 28.1. The number of amides is 2. The summed E-state index contributed by atoms with van der Waals surface area (Å²) in [6.07, 6.45) is 1.86. The second-order valence-corrected chi connectivity index (χ2v) is 8.61. The molecule has 0 spiro atoms. The minimum absolute atomic E-state index is 0.111. The van der Waals surface area contributed by atoms with Crippen LogP contribution in [0, 0.1) is 0 Å². The van der Waals surface area contributed by atoms with Crippen molar-refractivity contribution in [2.24, 2.45) is 0 Å². The molecule has 0 bridgehead atoms. The standard InChI is InChI=1S/C27H26ClN5O3/c1-32(21-12-14-22(36-2)15-13-21)27(35)24(16-19-8-4-3-5-9-19)29-26(34)25-18-33(31-30-25)17-20-10-6-7-11-23(20)28/h3-15,18,24H,16-17H2,1-2H3,(H,29,34)/t24-/m0/s1. The Morgan fingerprint density at radius 2 is 1.72 bits per heavy atom. The number of hydrogen-bond acceptors (Lipinski definition) is 5. The smallest absolute Gasteiger partial charge is 0.274 e. The van der Waals surface area contributed by atoms with Crippen LogP contribution in [0.4, 0.5) is 5.69 Å². The van der Waals surface area contributed by atoms with E-state index in [-0.39, 0.29) is 11.6 Å². The van der Waals surface area contributed by atoms with Crippen molar-refractivity contribution >= 4 is 29.1 Å². The lowest BCUT2D eigenvalue weighted by molar-refractivity contribution is -0.120. The summed E-state index contributed by atoms with van der Waals surface area (Å²) in [5.41, 5.74) is 2.56. The van der Waals surface area contributed by atoms with Gasteiger partial charge in [0, 0.05) is 24.2 Å². The molecular formula is C27H26ClN5O3. The minimum atomic E-state index is -0.819. The molecule has 0 fully saturated rings. The van der Waals surface area contributed by atoms with Gasteiger partial charge in [-0.05, 0) is 41.5 Å². The van der Waals surface area contributed by atoms with Crippen LogP contribution in [-0.4, -0.2) is 47.0 Å². The van der Waals surface area contributed by atoms with E-state index in [9.17, 15) is 9.59 Å². The number of methoxy groups -OCH3 is 1. The molecule has 0 aliphatic rings. The summed E-state index contributed by atoms with van der Waals surface area (Å²) in [7, 11) is 3.26.